The van der Waals surface area contributed by atoms with Crippen LogP contribution in [-0.4, -0.2) is 41.7 Å². The van der Waals surface area contributed by atoms with Crippen LogP contribution in [0.3, 0.4) is 0 Å². The van der Waals surface area contributed by atoms with Crippen LogP contribution in [0.5, 0.6) is 0 Å². The summed E-state index contributed by atoms with van der Waals surface area (Å²) in [6.45, 7) is 16.7. The van der Waals surface area contributed by atoms with Crippen molar-refractivity contribution >= 4 is 10.4 Å². The Morgan fingerprint density at radius 2 is 0.745 bits per heavy atom. The SMILES string of the molecule is CCCCCCCCCCCCNC1(CC)CCCCC1CC.CCCCCCCCCCCCNC1(CC)CCCCC1CC.O=S(=O)(O)O. The van der Waals surface area contributed by atoms with Crippen LogP contribution in [0, 0.1) is 11.8 Å². The Morgan fingerprint density at radius 3 is 1.00 bits per heavy atom. The lowest BCUT2D eigenvalue weighted by atomic mass is 9.70. The van der Waals surface area contributed by atoms with Gasteiger partial charge in [-0.2, -0.15) is 8.42 Å². The third kappa shape index (κ3) is 26.3. The first-order valence-electron chi connectivity index (χ1n) is 22.8. The average Bonchev–Trinajstić information content (AvgIpc) is 3.12. The van der Waals surface area contributed by atoms with Crippen molar-refractivity contribution in [2.45, 2.75) is 258 Å². The highest BCUT2D eigenvalue weighted by molar-refractivity contribution is 7.79. The molecule has 4 unspecified atom stereocenters. The molecule has 0 saturated heterocycles. The molecule has 0 aromatic heterocycles. The Balaban J connectivity index is 0.000000865. The minimum Gasteiger partial charge on any atom is -0.311 e. The van der Waals surface area contributed by atoms with Gasteiger partial charge in [0.25, 0.3) is 0 Å². The molecule has 6 nitrogen and oxygen atoms in total. The molecule has 2 saturated carbocycles. The van der Waals surface area contributed by atoms with Gasteiger partial charge in [0.2, 0.25) is 0 Å². The number of nitrogens with one attached hydrogen (secondary N) is 2. The van der Waals surface area contributed by atoms with Crippen molar-refractivity contribution in [2.75, 3.05) is 13.1 Å². The van der Waals surface area contributed by atoms with Crippen molar-refractivity contribution in [1.29, 1.82) is 0 Å². The van der Waals surface area contributed by atoms with Gasteiger partial charge in [0, 0.05) is 11.1 Å². The first kappa shape index (κ1) is 50.8. The van der Waals surface area contributed by atoms with Gasteiger partial charge in [0.05, 0.1) is 0 Å². The zero-order chi connectivity index (χ0) is 38.1. The van der Waals surface area contributed by atoms with Crippen LogP contribution >= 0.6 is 0 Å². The van der Waals surface area contributed by atoms with Crippen molar-refractivity contribution in [3.05, 3.63) is 0 Å². The van der Waals surface area contributed by atoms with Gasteiger partial charge < -0.3 is 10.6 Å². The number of hydrogen-bond donors (Lipinski definition) is 4. The van der Waals surface area contributed by atoms with Crippen molar-refractivity contribution in [1.82, 2.24) is 10.6 Å². The van der Waals surface area contributed by atoms with Gasteiger partial charge in [-0.15, -0.1) is 0 Å². The maximum Gasteiger partial charge on any atom is 0.394 e. The molecule has 0 heterocycles. The summed E-state index contributed by atoms with van der Waals surface area (Å²) >= 11 is 0. The van der Waals surface area contributed by atoms with Gasteiger partial charge in [-0.1, -0.05) is 196 Å². The Hall–Kier alpha value is -0.210. The van der Waals surface area contributed by atoms with Crippen LogP contribution in [0.4, 0.5) is 0 Å². The summed E-state index contributed by atoms with van der Waals surface area (Å²) in [7, 11) is -4.67. The van der Waals surface area contributed by atoms with E-state index in [1.807, 2.05) is 0 Å². The van der Waals surface area contributed by atoms with E-state index in [0.717, 1.165) is 11.8 Å². The molecule has 308 valence electrons. The van der Waals surface area contributed by atoms with Crippen LogP contribution in [0.2, 0.25) is 0 Å². The predicted octanol–water partition coefficient (Wildman–Crippen LogP) is 13.8. The molecule has 0 spiro atoms. The maximum absolute atomic E-state index is 8.74. The summed E-state index contributed by atoms with van der Waals surface area (Å²) < 4.78 is 31.6. The highest BCUT2D eigenvalue weighted by atomic mass is 32.3. The van der Waals surface area contributed by atoms with Crippen LogP contribution in [-0.2, 0) is 10.4 Å². The summed E-state index contributed by atoms with van der Waals surface area (Å²) in [4.78, 5) is 0. The van der Waals surface area contributed by atoms with Crippen LogP contribution in [0.1, 0.15) is 247 Å². The van der Waals surface area contributed by atoms with Gasteiger partial charge in [-0.05, 0) is 76.3 Å². The lowest BCUT2D eigenvalue weighted by Crippen LogP contribution is -2.52. The lowest BCUT2D eigenvalue weighted by Gasteiger charge is -2.45. The summed E-state index contributed by atoms with van der Waals surface area (Å²) in [5.74, 6) is 1.84. The number of hydrogen-bond acceptors (Lipinski definition) is 4. The Morgan fingerprint density at radius 1 is 0.471 bits per heavy atom. The second-order valence-corrected chi connectivity index (χ2v) is 17.3. The highest BCUT2D eigenvalue weighted by Crippen LogP contribution is 2.39. The Labute approximate surface area is 320 Å². The molecular formula is C44H92N2O4S. The molecule has 0 radical (unpaired) electrons. The standard InChI is InChI=1S/2C22H45N.H2O4S/c2*1-4-7-8-9-10-11-12-13-14-17-20-23-22(6-3)19-16-15-18-21(22)5-2;1-5(2,3)4/h2*21,23H,4-20H2,1-3H3;(H2,1,2,3,4). The van der Waals surface area contributed by atoms with E-state index in [0.29, 0.717) is 11.1 Å². The van der Waals surface area contributed by atoms with Gasteiger partial charge in [0.1, 0.15) is 0 Å². The second kappa shape index (κ2) is 33.2. The lowest BCUT2D eigenvalue weighted by molar-refractivity contribution is 0.130. The molecule has 2 rings (SSSR count). The minimum atomic E-state index is -4.67. The summed E-state index contributed by atoms with van der Waals surface area (Å²) in [5.41, 5.74) is 0.957. The normalized spacial score (nSPS) is 23.6. The van der Waals surface area contributed by atoms with Gasteiger partial charge >= 0.3 is 10.4 Å². The molecule has 0 bridgehead atoms. The first-order valence-corrected chi connectivity index (χ1v) is 24.2. The Kier molecular flexibility index (Phi) is 33.0. The Bertz CT molecular complexity index is 794. The molecule has 0 aliphatic heterocycles. The quantitative estimate of drug-likeness (QED) is 0.0470. The molecule has 7 heteroatoms. The van der Waals surface area contributed by atoms with E-state index in [1.165, 1.54) is 219 Å². The molecular weight excluding hydrogens is 653 g/mol. The first-order chi connectivity index (χ1) is 24.6. The third-order valence-corrected chi connectivity index (χ3v) is 12.7. The zero-order valence-corrected chi connectivity index (χ0v) is 36.1. The molecule has 0 aromatic carbocycles. The van der Waals surface area contributed by atoms with Crippen LogP contribution < -0.4 is 10.6 Å². The van der Waals surface area contributed by atoms with Crippen molar-refractivity contribution in [3.63, 3.8) is 0 Å². The van der Waals surface area contributed by atoms with E-state index in [4.69, 9.17) is 17.5 Å². The number of rotatable bonds is 28. The van der Waals surface area contributed by atoms with Gasteiger partial charge in [0.15, 0.2) is 0 Å². The second-order valence-electron chi connectivity index (χ2n) is 16.4. The molecule has 2 fully saturated rings. The predicted molar refractivity (Wildman–Crippen MR) is 224 cm³/mol. The van der Waals surface area contributed by atoms with E-state index in [1.54, 1.807) is 0 Å². The topological polar surface area (TPSA) is 98.7 Å². The van der Waals surface area contributed by atoms with E-state index in [2.05, 4.69) is 52.2 Å². The van der Waals surface area contributed by atoms with Crippen molar-refractivity contribution in [3.8, 4) is 0 Å². The monoisotopic (exact) mass is 745 g/mol. The van der Waals surface area contributed by atoms with Crippen molar-refractivity contribution < 1.29 is 17.5 Å². The van der Waals surface area contributed by atoms with E-state index >= 15 is 0 Å². The molecule has 2 aliphatic carbocycles. The smallest absolute Gasteiger partial charge is 0.311 e. The average molecular weight is 745 g/mol. The summed E-state index contributed by atoms with van der Waals surface area (Å²) in [6, 6.07) is 0. The minimum absolute atomic E-state index is 0.478. The molecule has 0 aromatic rings. The number of unbranched alkanes of at least 4 members (excludes halogenated alkanes) is 18. The largest absolute Gasteiger partial charge is 0.394 e. The third-order valence-electron chi connectivity index (χ3n) is 12.7. The van der Waals surface area contributed by atoms with Gasteiger partial charge in [-0.3, -0.25) is 9.11 Å². The molecule has 4 N–H and O–H groups in total. The summed E-state index contributed by atoms with van der Waals surface area (Å²) in [6.07, 6.45) is 45.7. The fraction of sp³-hybridized carbons (Fsp3) is 1.00. The van der Waals surface area contributed by atoms with E-state index < -0.39 is 10.4 Å². The molecule has 0 amide bonds. The fourth-order valence-electron chi connectivity index (χ4n) is 9.36. The molecule has 4 atom stereocenters. The highest BCUT2D eigenvalue weighted by Gasteiger charge is 2.38. The van der Waals surface area contributed by atoms with Crippen molar-refractivity contribution in [2.24, 2.45) is 11.8 Å². The van der Waals surface area contributed by atoms with Gasteiger partial charge in [-0.25, -0.2) is 0 Å². The molecule has 51 heavy (non-hydrogen) atoms. The van der Waals surface area contributed by atoms with Crippen LogP contribution in [0.15, 0.2) is 0 Å². The summed E-state index contributed by atoms with van der Waals surface area (Å²) in [5, 5.41) is 8.02. The fourth-order valence-corrected chi connectivity index (χ4v) is 9.36. The molecule has 2 aliphatic rings. The van der Waals surface area contributed by atoms with Crippen LogP contribution in [0.25, 0.3) is 0 Å². The van der Waals surface area contributed by atoms with E-state index in [9.17, 15) is 0 Å². The zero-order valence-electron chi connectivity index (χ0n) is 35.3. The maximum atomic E-state index is 8.74. The van der Waals surface area contributed by atoms with E-state index in [-0.39, 0.29) is 0 Å².